The standard InChI is InChI=1S/C12H10N4O2/c1-8-9(12(17)18)7-16(14-8)11-4-2-3-10-13-5-6-15(10)11/h2-7H,1H3,(H,17,18). The molecule has 3 heterocycles. The van der Waals surface area contributed by atoms with Crippen LogP contribution in [0.15, 0.2) is 36.8 Å². The summed E-state index contributed by atoms with van der Waals surface area (Å²) in [6.07, 6.45) is 5.00. The maximum absolute atomic E-state index is 11.0. The van der Waals surface area contributed by atoms with Crippen molar-refractivity contribution in [2.24, 2.45) is 0 Å². The number of carbonyl (C=O) groups is 1. The van der Waals surface area contributed by atoms with Gasteiger partial charge in [0.1, 0.15) is 17.0 Å². The predicted molar refractivity (Wildman–Crippen MR) is 64.0 cm³/mol. The summed E-state index contributed by atoms with van der Waals surface area (Å²) in [5, 5.41) is 13.2. The second kappa shape index (κ2) is 3.69. The number of hydrogen-bond acceptors (Lipinski definition) is 3. The van der Waals surface area contributed by atoms with Crippen LogP contribution in [0.4, 0.5) is 0 Å². The van der Waals surface area contributed by atoms with Crippen molar-refractivity contribution in [3.8, 4) is 5.82 Å². The average molecular weight is 242 g/mol. The quantitative estimate of drug-likeness (QED) is 0.739. The Hall–Kier alpha value is -2.63. The van der Waals surface area contributed by atoms with Crippen LogP contribution in [0, 0.1) is 6.92 Å². The summed E-state index contributed by atoms with van der Waals surface area (Å²) in [5.74, 6) is -0.225. The van der Waals surface area contributed by atoms with E-state index in [9.17, 15) is 4.79 Å². The molecule has 90 valence electrons. The van der Waals surface area contributed by atoms with Crippen LogP contribution < -0.4 is 0 Å². The molecule has 0 aliphatic carbocycles. The van der Waals surface area contributed by atoms with E-state index < -0.39 is 5.97 Å². The normalized spacial score (nSPS) is 10.9. The molecular formula is C12H10N4O2. The summed E-state index contributed by atoms with van der Waals surface area (Å²) in [6.45, 7) is 1.67. The van der Waals surface area contributed by atoms with Crippen molar-refractivity contribution < 1.29 is 9.90 Å². The Kier molecular flexibility index (Phi) is 2.16. The van der Waals surface area contributed by atoms with Gasteiger partial charge in [0.25, 0.3) is 0 Å². The number of rotatable bonds is 2. The van der Waals surface area contributed by atoms with Crippen LogP contribution in [-0.4, -0.2) is 30.2 Å². The zero-order valence-electron chi connectivity index (χ0n) is 9.61. The van der Waals surface area contributed by atoms with Gasteiger partial charge in [0.05, 0.1) is 5.69 Å². The molecule has 0 aliphatic heterocycles. The molecule has 1 N–H and O–H groups in total. The van der Waals surface area contributed by atoms with Crippen molar-refractivity contribution in [3.05, 3.63) is 48.0 Å². The van der Waals surface area contributed by atoms with E-state index in [1.807, 2.05) is 28.8 Å². The van der Waals surface area contributed by atoms with Gasteiger partial charge in [-0.1, -0.05) is 6.07 Å². The molecule has 3 aromatic heterocycles. The molecule has 6 heteroatoms. The van der Waals surface area contributed by atoms with Crippen LogP contribution in [0.3, 0.4) is 0 Å². The number of aromatic nitrogens is 4. The Morgan fingerprint density at radius 3 is 2.94 bits per heavy atom. The molecule has 0 radical (unpaired) electrons. The van der Waals surface area contributed by atoms with Gasteiger partial charge in [0, 0.05) is 18.6 Å². The van der Waals surface area contributed by atoms with Crippen LogP contribution in [0.2, 0.25) is 0 Å². The number of carboxylic acids is 1. The summed E-state index contributed by atoms with van der Waals surface area (Å²) >= 11 is 0. The highest BCUT2D eigenvalue weighted by Crippen LogP contribution is 2.13. The minimum absolute atomic E-state index is 0.201. The Morgan fingerprint density at radius 2 is 2.22 bits per heavy atom. The Labute approximate surface area is 102 Å². The number of imidazole rings is 1. The number of carboxylic acid groups (broad SMARTS) is 1. The van der Waals surface area contributed by atoms with Gasteiger partial charge in [-0.25, -0.2) is 14.5 Å². The molecule has 3 aromatic rings. The van der Waals surface area contributed by atoms with E-state index in [0.29, 0.717) is 5.69 Å². The van der Waals surface area contributed by atoms with E-state index in [-0.39, 0.29) is 5.56 Å². The SMILES string of the molecule is Cc1nn(-c2cccc3nccn23)cc1C(=O)O. The monoisotopic (exact) mass is 242 g/mol. The van der Waals surface area contributed by atoms with Crippen molar-refractivity contribution in [1.82, 2.24) is 19.2 Å². The lowest BCUT2D eigenvalue weighted by Crippen LogP contribution is -2.02. The lowest BCUT2D eigenvalue weighted by Gasteiger charge is -2.04. The topological polar surface area (TPSA) is 72.4 Å². The van der Waals surface area contributed by atoms with Crippen LogP contribution in [-0.2, 0) is 0 Å². The Balaban J connectivity index is 2.23. The van der Waals surface area contributed by atoms with E-state index in [2.05, 4.69) is 10.1 Å². The van der Waals surface area contributed by atoms with E-state index in [1.165, 1.54) is 6.20 Å². The lowest BCUT2D eigenvalue weighted by atomic mass is 10.3. The molecule has 0 bridgehead atoms. The average Bonchev–Trinajstić information content (AvgIpc) is 2.94. The molecule has 0 spiro atoms. The summed E-state index contributed by atoms with van der Waals surface area (Å²) < 4.78 is 3.39. The zero-order valence-corrected chi connectivity index (χ0v) is 9.61. The fraction of sp³-hybridized carbons (Fsp3) is 0.0833. The molecule has 0 unspecified atom stereocenters. The van der Waals surface area contributed by atoms with Crippen molar-refractivity contribution in [2.75, 3.05) is 0 Å². The lowest BCUT2D eigenvalue weighted by molar-refractivity contribution is 0.0696. The van der Waals surface area contributed by atoms with Crippen molar-refractivity contribution in [2.45, 2.75) is 6.92 Å². The first-order valence-corrected chi connectivity index (χ1v) is 5.39. The van der Waals surface area contributed by atoms with Crippen LogP contribution in [0.1, 0.15) is 16.1 Å². The maximum Gasteiger partial charge on any atom is 0.339 e. The van der Waals surface area contributed by atoms with Crippen molar-refractivity contribution in [3.63, 3.8) is 0 Å². The van der Waals surface area contributed by atoms with E-state index >= 15 is 0 Å². The molecular weight excluding hydrogens is 232 g/mol. The van der Waals surface area contributed by atoms with Gasteiger partial charge < -0.3 is 5.11 Å². The van der Waals surface area contributed by atoms with E-state index in [0.717, 1.165) is 11.5 Å². The minimum Gasteiger partial charge on any atom is -0.478 e. The molecule has 0 aromatic carbocycles. The fourth-order valence-electron chi connectivity index (χ4n) is 1.91. The number of pyridine rings is 1. The van der Waals surface area contributed by atoms with Crippen molar-refractivity contribution in [1.29, 1.82) is 0 Å². The number of aromatic carboxylic acids is 1. The summed E-state index contributed by atoms with van der Waals surface area (Å²) in [6, 6.07) is 5.58. The summed E-state index contributed by atoms with van der Waals surface area (Å²) in [4.78, 5) is 15.2. The largest absolute Gasteiger partial charge is 0.478 e. The van der Waals surface area contributed by atoms with Gasteiger partial charge in [-0.15, -0.1) is 0 Å². The van der Waals surface area contributed by atoms with Gasteiger partial charge in [0.15, 0.2) is 0 Å². The first kappa shape index (κ1) is 10.5. The number of hydrogen-bond donors (Lipinski definition) is 1. The number of fused-ring (bicyclic) bond motifs is 1. The van der Waals surface area contributed by atoms with Gasteiger partial charge in [-0.3, -0.25) is 4.40 Å². The highest BCUT2D eigenvalue weighted by molar-refractivity contribution is 5.88. The predicted octanol–water partition coefficient (Wildman–Crippen LogP) is 1.53. The first-order valence-electron chi connectivity index (χ1n) is 5.39. The smallest absolute Gasteiger partial charge is 0.339 e. The molecule has 18 heavy (non-hydrogen) atoms. The Morgan fingerprint density at radius 1 is 1.39 bits per heavy atom. The fourth-order valence-corrected chi connectivity index (χ4v) is 1.91. The molecule has 0 aliphatic rings. The Bertz CT molecular complexity index is 741. The van der Waals surface area contributed by atoms with Crippen LogP contribution in [0.25, 0.3) is 11.5 Å². The minimum atomic E-state index is -0.975. The molecule has 6 nitrogen and oxygen atoms in total. The zero-order chi connectivity index (χ0) is 12.7. The molecule has 0 amide bonds. The molecule has 0 saturated heterocycles. The van der Waals surface area contributed by atoms with Gasteiger partial charge in [-0.05, 0) is 19.1 Å². The van der Waals surface area contributed by atoms with Gasteiger partial charge >= 0.3 is 5.97 Å². The van der Waals surface area contributed by atoms with Crippen LogP contribution >= 0.6 is 0 Å². The first-order chi connectivity index (χ1) is 8.66. The van der Waals surface area contributed by atoms with Gasteiger partial charge in [0.2, 0.25) is 0 Å². The van der Waals surface area contributed by atoms with E-state index in [1.54, 1.807) is 17.8 Å². The third-order valence-electron chi connectivity index (χ3n) is 2.77. The third kappa shape index (κ3) is 1.46. The van der Waals surface area contributed by atoms with E-state index in [4.69, 9.17) is 5.11 Å². The maximum atomic E-state index is 11.0. The third-order valence-corrected chi connectivity index (χ3v) is 2.77. The number of aryl methyl sites for hydroxylation is 1. The highest BCUT2D eigenvalue weighted by Gasteiger charge is 2.13. The highest BCUT2D eigenvalue weighted by atomic mass is 16.4. The molecule has 0 saturated carbocycles. The van der Waals surface area contributed by atoms with Crippen molar-refractivity contribution >= 4 is 11.6 Å². The van der Waals surface area contributed by atoms with Crippen LogP contribution in [0.5, 0.6) is 0 Å². The summed E-state index contributed by atoms with van der Waals surface area (Å²) in [5.41, 5.74) is 1.48. The number of nitrogens with zero attached hydrogens (tertiary/aromatic N) is 4. The molecule has 0 fully saturated rings. The second-order valence-corrected chi connectivity index (χ2v) is 3.92. The molecule has 3 rings (SSSR count). The molecule has 0 atom stereocenters. The summed E-state index contributed by atoms with van der Waals surface area (Å²) in [7, 11) is 0. The second-order valence-electron chi connectivity index (χ2n) is 3.92. The van der Waals surface area contributed by atoms with Gasteiger partial charge in [-0.2, -0.15) is 5.10 Å².